The molecule has 1 unspecified atom stereocenters. The molecule has 1 aromatic carbocycles. The van der Waals surface area contributed by atoms with Gasteiger partial charge in [-0.25, -0.2) is 0 Å². The van der Waals surface area contributed by atoms with E-state index in [0.717, 1.165) is 21.6 Å². The molecule has 6 heteroatoms. The number of aryl methyl sites for hydroxylation is 1. The van der Waals surface area contributed by atoms with Crippen molar-refractivity contribution in [1.82, 2.24) is 15.3 Å². The summed E-state index contributed by atoms with van der Waals surface area (Å²) in [6.07, 6.45) is 2.87. The summed E-state index contributed by atoms with van der Waals surface area (Å²) in [5.74, 6) is 0.729. The van der Waals surface area contributed by atoms with Crippen LogP contribution in [0.15, 0.2) is 41.1 Å². The van der Waals surface area contributed by atoms with Gasteiger partial charge in [0.15, 0.2) is 0 Å². The molecule has 2 rings (SSSR count). The monoisotopic (exact) mass is 351 g/mol. The molecular formula is C15H18BrN3O2. The maximum atomic E-state index is 9.87. The fourth-order valence-corrected chi connectivity index (χ4v) is 2.06. The molecule has 0 bridgehead atoms. The molecule has 1 atom stereocenters. The molecule has 1 heterocycles. The van der Waals surface area contributed by atoms with Gasteiger partial charge < -0.3 is 15.2 Å². The van der Waals surface area contributed by atoms with E-state index in [9.17, 15) is 5.11 Å². The highest BCUT2D eigenvalue weighted by Crippen LogP contribution is 2.17. The summed E-state index contributed by atoms with van der Waals surface area (Å²) >= 11 is 3.37. The highest BCUT2D eigenvalue weighted by atomic mass is 79.9. The first-order valence-corrected chi connectivity index (χ1v) is 7.47. The number of halogens is 1. The van der Waals surface area contributed by atoms with Gasteiger partial charge in [-0.1, -0.05) is 22.0 Å². The summed E-state index contributed by atoms with van der Waals surface area (Å²) in [5.41, 5.74) is 1.74. The summed E-state index contributed by atoms with van der Waals surface area (Å²) in [6, 6.07) is 7.53. The minimum absolute atomic E-state index is 0.239. The maximum Gasteiger partial charge on any atom is 0.120 e. The Morgan fingerprint density at radius 1 is 1.33 bits per heavy atom. The lowest BCUT2D eigenvalue weighted by atomic mass is 10.3. The van der Waals surface area contributed by atoms with E-state index in [4.69, 9.17) is 4.74 Å². The molecule has 0 aliphatic heterocycles. The van der Waals surface area contributed by atoms with E-state index in [1.165, 1.54) is 0 Å². The smallest absolute Gasteiger partial charge is 0.120 e. The Bertz CT molecular complexity index is 563. The van der Waals surface area contributed by atoms with Gasteiger partial charge in [0.1, 0.15) is 18.5 Å². The van der Waals surface area contributed by atoms with E-state index in [-0.39, 0.29) is 6.61 Å². The molecular weight excluding hydrogens is 334 g/mol. The van der Waals surface area contributed by atoms with Gasteiger partial charge in [0.2, 0.25) is 0 Å². The highest BCUT2D eigenvalue weighted by molar-refractivity contribution is 9.10. The number of ether oxygens (including phenoxy) is 1. The van der Waals surface area contributed by atoms with Crippen LogP contribution in [0, 0.1) is 6.92 Å². The molecule has 0 saturated carbocycles. The minimum atomic E-state index is -0.581. The second-order valence-corrected chi connectivity index (χ2v) is 5.62. The average Bonchev–Trinajstić information content (AvgIpc) is 2.47. The summed E-state index contributed by atoms with van der Waals surface area (Å²) in [4.78, 5) is 8.40. The third kappa shape index (κ3) is 5.79. The molecule has 0 spiro atoms. The van der Waals surface area contributed by atoms with Crippen molar-refractivity contribution < 1.29 is 9.84 Å². The summed E-state index contributed by atoms with van der Waals surface area (Å²) in [6.45, 7) is 3.14. The molecule has 0 fully saturated rings. The van der Waals surface area contributed by atoms with Crippen LogP contribution in [-0.4, -0.2) is 34.3 Å². The lowest BCUT2D eigenvalue weighted by Crippen LogP contribution is -2.31. The Labute approximate surface area is 132 Å². The molecule has 0 aliphatic carbocycles. The van der Waals surface area contributed by atoms with Gasteiger partial charge in [-0.15, -0.1) is 0 Å². The Hall–Kier alpha value is -1.50. The third-order valence-electron chi connectivity index (χ3n) is 2.76. The Balaban J connectivity index is 1.67. The fraction of sp³-hybridized carbons (Fsp3) is 0.333. The number of aliphatic hydroxyl groups is 1. The third-order valence-corrected chi connectivity index (χ3v) is 3.25. The van der Waals surface area contributed by atoms with Crippen molar-refractivity contribution in [2.45, 2.75) is 19.6 Å². The van der Waals surface area contributed by atoms with Gasteiger partial charge in [-0.05, 0) is 25.1 Å². The highest BCUT2D eigenvalue weighted by Gasteiger charge is 2.05. The van der Waals surface area contributed by atoms with Gasteiger partial charge in [-0.2, -0.15) is 0 Å². The SMILES string of the molecule is Cc1cnc(CNCC(O)COc2cccc(Br)c2)cn1. The lowest BCUT2D eigenvalue weighted by molar-refractivity contribution is 0.106. The molecule has 0 radical (unpaired) electrons. The largest absolute Gasteiger partial charge is 0.491 e. The predicted molar refractivity (Wildman–Crippen MR) is 84.1 cm³/mol. The van der Waals surface area contributed by atoms with Crippen molar-refractivity contribution >= 4 is 15.9 Å². The molecule has 2 N–H and O–H groups in total. The molecule has 112 valence electrons. The van der Waals surface area contributed by atoms with E-state index in [1.54, 1.807) is 12.4 Å². The molecule has 21 heavy (non-hydrogen) atoms. The second-order valence-electron chi connectivity index (χ2n) is 4.70. The molecule has 0 amide bonds. The zero-order valence-electron chi connectivity index (χ0n) is 11.8. The number of aromatic nitrogens is 2. The van der Waals surface area contributed by atoms with Crippen LogP contribution in [0.1, 0.15) is 11.4 Å². The van der Waals surface area contributed by atoms with Gasteiger partial charge in [-0.3, -0.25) is 9.97 Å². The molecule has 5 nitrogen and oxygen atoms in total. The first kappa shape index (κ1) is 15.9. The van der Waals surface area contributed by atoms with E-state index < -0.39 is 6.10 Å². The van der Waals surface area contributed by atoms with Crippen LogP contribution in [0.2, 0.25) is 0 Å². The van der Waals surface area contributed by atoms with Crippen LogP contribution >= 0.6 is 15.9 Å². The lowest BCUT2D eigenvalue weighted by Gasteiger charge is -2.13. The average molecular weight is 352 g/mol. The number of benzene rings is 1. The zero-order chi connectivity index (χ0) is 15.1. The number of aliphatic hydroxyl groups excluding tert-OH is 1. The van der Waals surface area contributed by atoms with Gasteiger partial charge in [0, 0.05) is 30.0 Å². The van der Waals surface area contributed by atoms with Crippen LogP contribution in [0.3, 0.4) is 0 Å². The summed E-state index contributed by atoms with van der Waals surface area (Å²) < 4.78 is 6.47. The van der Waals surface area contributed by atoms with Crippen LogP contribution in [0.5, 0.6) is 5.75 Å². The Kier molecular flexibility index (Phi) is 6.10. The predicted octanol–water partition coefficient (Wildman–Crippen LogP) is 2.08. The van der Waals surface area contributed by atoms with Crippen molar-refractivity contribution in [3.63, 3.8) is 0 Å². The summed E-state index contributed by atoms with van der Waals surface area (Å²) in [7, 11) is 0. The van der Waals surface area contributed by atoms with Gasteiger partial charge in [0.25, 0.3) is 0 Å². The van der Waals surface area contributed by atoms with E-state index in [1.807, 2.05) is 31.2 Å². The number of nitrogens with one attached hydrogen (secondary N) is 1. The summed E-state index contributed by atoms with van der Waals surface area (Å²) in [5, 5.41) is 13.0. The molecule has 0 aliphatic rings. The number of nitrogens with zero attached hydrogens (tertiary/aromatic N) is 2. The van der Waals surface area contributed by atoms with Crippen molar-refractivity contribution in [1.29, 1.82) is 0 Å². The van der Waals surface area contributed by atoms with Crippen molar-refractivity contribution in [2.75, 3.05) is 13.2 Å². The second kappa shape index (κ2) is 8.07. The van der Waals surface area contributed by atoms with E-state index in [0.29, 0.717) is 13.1 Å². The van der Waals surface area contributed by atoms with E-state index in [2.05, 4.69) is 31.2 Å². The number of hydrogen-bond acceptors (Lipinski definition) is 5. The maximum absolute atomic E-state index is 9.87. The first-order chi connectivity index (χ1) is 10.1. The molecule has 2 aromatic rings. The normalized spacial score (nSPS) is 12.1. The fourth-order valence-electron chi connectivity index (χ4n) is 1.69. The quantitative estimate of drug-likeness (QED) is 0.799. The number of rotatable bonds is 7. The van der Waals surface area contributed by atoms with Crippen LogP contribution < -0.4 is 10.1 Å². The topological polar surface area (TPSA) is 67.3 Å². The Morgan fingerprint density at radius 3 is 2.90 bits per heavy atom. The van der Waals surface area contributed by atoms with Crippen LogP contribution in [0.25, 0.3) is 0 Å². The van der Waals surface area contributed by atoms with Gasteiger partial charge >= 0.3 is 0 Å². The minimum Gasteiger partial charge on any atom is -0.491 e. The van der Waals surface area contributed by atoms with Crippen molar-refractivity contribution in [3.05, 3.63) is 52.5 Å². The van der Waals surface area contributed by atoms with E-state index >= 15 is 0 Å². The van der Waals surface area contributed by atoms with Crippen molar-refractivity contribution in [3.8, 4) is 5.75 Å². The van der Waals surface area contributed by atoms with Gasteiger partial charge in [0.05, 0.1) is 11.4 Å². The molecule has 0 saturated heterocycles. The zero-order valence-corrected chi connectivity index (χ0v) is 13.4. The van der Waals surface area contributed by atoms with Crippen LogP contribution in [-0.2, 0) is 6.54 Å². The molecule has 1 aromatic heterocycles. The first-order valence-electron chi connectivity index (χ1n) is 6.68. The van der Waals surface area contributed by atoms with Crippen molar-refractivity contribution in [2.24, 2.45) is 0 Å². The standard InChI is InChI=1S/C15H18BrN3O2/c1-11-6-19-13(8-18-11)7-17-9-14(20)10-21-15-4-2-3-12(16)5-15/h2-6,8,14,17,20H,7,9-10H2,1H3. The van der Waals surface area contributed by atoms with Crippen LogP contribution in [0.4, 0.5) is 0 Å². The Morgan fingerprint density at radius 2 is 2.19 bits per heavy atom. The number of hydrogen-bond donors (Lipinski definition) is 2.